The summed E-state index contributed by atoms with van der Waals surface area (Å²) in [4.78, 5) is 8.82. The van der Waals surface area contributed by atoms with E-state index in [1.165, 1.54) is 18.3 Å². The molecule has 4 rings (SSSR count). The fourth-order valence-electron chi connectivity index (χ4n) is 4.31. The van der Waals surface area contributed by atoms with Crippen LogP contribution in [0.4, 0.5) is 19.0 Å². The predicted molar refractivity (Wildman–Crippen MR) is 139 cm³/mol. The molecule has 0 radical (unpaired) electrons. The molecule has 1 atom stereocenters. The minimum Gasteiger partial charge on any atom is -0.368 e. The van der Waals surface area contributed by atoms with E-state index in [9.17, 15) is 13.2 Å². The van der Waals surface area contributed by atoms with Gasteiger partial charge in [0.15, 0.2) is 0 Å². The lowest BCUT2D eigenvalue weighted by molar-refractivity contribution is -0.139. The smallest absolute Gasteiger partial charge is 0.368 e. The Bertz CT molecular complexity index is 1360. The second kappa shape index (κ2) is 10.7. The summed E-state index contributed by atoms with van der Waals surface area (Å²) in [6, 6.07) is 18.8. The molecule has 0 spiro atoms. The number of aryl methyl sites for hydroxylation is 1. The molecule has 37 heavy (non-hydrogen) atoms. The summed E-state index contributed by atoms with van der Waals surface area (Å²) in [5, 5.41) is 18.6. The van der Waals surface area contributed by atoms with Crippen molar-refractivity contribution in [3.8, 4) is 6.07 Å². The van der Waals surface area contributed by atoms with Crippen LogP contribution in [0.5, 0.6) is 0 Å². The number of aliphatic imine (C=N–C) groups is 1. The van der Waals surface area contributed by atoms with Crippen LogP contribution < -0.4 is 16.0 Å². The number of hydrogen-bond donors (Lipinski definition) is 3. The summed E-state index contributed by atoms with van der Waals surface area (Å²) < 4.78 is 41.8. The van der Waals surface area contributed by atoms with E-state index in [1.807, 2.05) is 43.3 Å². The number of pyridine rings is 1. The molecule has 3 N–H and O–H groups in total. The van der Waals surface area contributed by atoms with Crippen molar-refractivity contribution in [1.29, 1.82) is 5.26 Å². The molecular formula is C28H27F3N6. The van der Waals surface area contributed by atoms with E-state index in [0.717, 1.165) is 23.6 Å². The Morgan fingerprint density at radius 1 is 1.05 bits per heavy atom. The topological polar surface area (TPSA) is 85.1 Å². The average Bonchev–Trinajstić information content (AvgIpc) is 2.90. The predicted octanol–water partition coefficient (Wildman–Crippen LogP) is 5.45. The molecule has 0 saturated carbocycles. The summed E-state index contributed by atoms with van der Waals surface area (Å²) in [6.45, 7) is 4.52. The Morgan fingerprint density at radius 3 is 2.51 bits per heavy atom. The van der Waals surface area contributed by atoms with Crippen LogP contribution in [-0.4, -0.2) is 23.9 Å². The summed E-state index contributed by atoms with van der Waals surface area (Å²) >= 11 is 0. The van der Waals surface area contributed by atoms with Crippen LogP contribution in [0.2, 0.25) is 0 Å². The number of nitrogens with one attached hydrogen (secondary N) is 3. The number of benzene rings is 2. The van der Waals surface area contributed by atoms with Crippen molar-refractivity contribution in [2.75, 3.05) is 18.4 Å². The van der Waals surface area contributed by atoms with Gasteiger partial charge in [-0.05, 0) is 37.1 Å². The maximum Gasteiger partial charge on any atom is 0.416 e. The molecule has 0 amide bonds. The van der Waals surface area contributed by atoms with Gasteiger partial charge in [0.05, 0.1) is 17.7 Å². The lowest BCUT2D eigenvalue weighted by atomic mass is 9.91. The highest BCUT2D eigenvalue weighted by Gasteiger charge is 2.41. The highest BCUT2D eigenvalue weighted by Crippen LogP contribution is 2.37. The van der Waals surface area contributed by atoms with Gasteiger partial charge in [0.2, 0.25) is 0 Å². The molecular weight excluding hydrogens is 477 g/mol. The number of rotatable bonds is 7. The quantitative estimate of drug-likeness (QED) is 0.373. The number of nitrogens with zero attached hydrogens (tertiary/aromatic N) is 3. The molecule has 1 unspecified atom stereocenters. The molecule has 6 nitrogen and oxygen atoms in total. The highest BCUT2D eigenvalue weighted by atomic mass is 19.4. The largest absolute Gasteiger partial charge is 0.416 e. The van der Waals surface area contributed by atoms with Crippen molar-refractivity contribution in [3.63, 3.8) is 0 Å². The Kier molecular flexibility index (Phi) is 7.48. The van der Waals surface area contributed by atoms with Crippen LogP contribution in [0.1, 0.15) is 41.7 Å². The molecule has 1 aromatic heterocycles. The highest BCUT2D eigenvalue weighted by molar-refractivity contribution is 6.01. The monoisotopic (exact) mass is 504 g/mol. The van der Waals surface area contributed by atoms with Gasteiger partial charge in [-0.2, -0.15) is 18.4 Å². The van der Waals surface area contributed by atoms with Crippen LogP contribution >= 0.6 is 0 Å². The van der Waals surface area contributed by atoms with E-state index in [-0.39, 0.29) is 5.56 Å². The number of aromatic nitrogens is 1. The third-order valence-corrected chi connectivity index (χ3v) is 6.10. The summed E-state index contributed by atoms with van der Waals surface area (Å²) in [6.07, 6.45) is -0.438. The van der Waals surface area contributed by atoms with Gasteiger partial charge in [-0.3, -0.25) is 4.99 Å². The van der Waals surface area contributed by atoms with Crippen LogP contribution in [0, 0.1) is 11.3 Å². The number of amidine groups is 1. The minimum atomic E-state index is -4.51. The minimum absolute atomic E-state index is 0.0784. The van der Waals surface area contributed by atoms with Crippen molar-refractivity contribution in [3.05, 3.63) is 101 Å². The van der Waals surface area contributed by atoms with Crippen molar-refractivity contribution in [2.45, 2.75) is 32.1 Å². The second-order valence-corrected chi connectivity index (χ2v) is 8.72. The Hall–Kier alpha value is -4.32. The van der Waals surface area contributed by atoms with E-state index < -0.39 is 17.4 Å². The van der Waals surface area contributed by atoms with Gasteiger partial charge in [0, 0.05) is 35.6 Å². The van der Waals surface area contributed by atoms with Crippen molar-refractivity contribution < 1.29 is 13.2 Å². The summed E-state index contributed by atoms with van der Waals surface area (Å²) in [7, 11) is 0. The first-order chi connectivity index (χ1) is 17.7. The molecule has 0 bridgehead atoms. The van der Waals surface area contributed by atoms with E-state index in [4.69, 9.17) is 5.26 Å². The molecule has 9 heteroatoms. The first-order valence-electron chi connectivity index (χ1n) is 11.9. The molecule has 2 aromatic carbocycles. The van der Waals surface area contributed by atoms with Gasteiger partial charge in [0.1, 0.15) is 23.4 Å². The van der Waals surface area contributed by atoms with E-state index in [2.05, 4.69) is 25.9 Å². The first kappa shape index (κ1) is 25.8. The Labute approximate surface area is 214 Å². The van der Waals surface area contributed by atoms with Crippen LogP contribution in [0.25, 0.3) is 5.70 Å². The number of hydrogen-bond acceptors (Lipinski definition) is 5. The van der Waals surface area contributed by atoms with Crippen molar-refractivity contribution in [1.82, 2.24) is 15.6 Å². The third kappa shape index (κ3) is 5.92. The molecule has 0 aliphatic carbocycles. The zero-order valence-corrected chi connectivity index (χ0v) is 20.5. The molecule has 0 fully saturated rings. The number of anilines is 1. The number of halogens is 3. The lowest BCUT2D eigenvalue weighted by Crippen LogP contribution is -2.56. The second-order valence-electron chi connectivity index (χ2n) is 8.72. The maximum absolute atomic E-state index is 13.9. The van der Waals surface area contributed by atoms with E-state index in [0.29, 0.717) is 36.0 Å². The van der Waals surface area contributed by atoms with Crippen LogP contribution in [0.15, 0.2) is 77.9 Å². The third-order valence-electron chi connectivity index (χ3n) is 6.10. The average molecular weight is 505 g/mol. The van der Waals surface area contributed by atoms with E-state index >= 15 is 0 Å². The van der Waals surface area contributed by atoms with Crippen molar-refractivity contribution in [2.24, 2.45) is 4.99 Å². The fourth-order valence-corrected chi connectivity index (χ4v) is 4.31. The zero-order valence-electron chi connectivity index (χ0n) is 20.5. The zero-order chi connectivity index (χ0) is 26.5. The van der Waals surface area contributed by atoms with Crippen LogP contribution in [0.3, 0.4) is 0 Å². The van der Waals surface area contributed by atoms with Gasteiger partial charge in [-0.25, -0.2) is 4.98 Å². The van der Waals surface area contributed by atoms with Gasteiger partial charge >= 0.3 is 6.18 Å². The van der Waals surface area contributed by atoms with Crippen LogP contribution in [-0.2, 0) is 18.3 Å². The van der Waals surface area contributed by atoms with Gasteiger partial charge in [-0.1, -0.05) is 49.4 Å². The van der Waals surface area contributed by atoms with Gasteiger partial charge in [0.25, 0.3) is 0 Å². The lowest BCUT2D eigenvalue weighted by Gasteiger charge is -2.40. The number of alkyl halides is 3. The summed E-state index contributed by atoms with van der Waals surface area (Å²) in [5.74, 6) is 1.07. The molecule has 1 aliphatic heterocycles. The van der Waals surface area contributed by atoms with Gasteiger partial charge in [-0.15, -0.1) is 0 Å². The molecule has 0 saturated heterocycles. The molecule has 2 heterocycles. The summed E-state index contributed by atoms with van der Waals surface area (Å²) in [5.41, 5.74) is 1.24. The maximum atomic E-state index is 13.9. The van der Waals surface area contributed by atoms with Gasteiger partial charge < -0.3 is 16.0 Å². The SMILES string of the molecule is CCc1ccccc1C1=CC(=NCCNc2ccc(C#N)cn2)NC(C)(c2ccccc2C(F)(F)F)N1. The standard InChI is InChI=1S/C28H27F3N6/c1-3-20-8-4-5-9-21(20)24-16-26(34-15-14-33-25-13-12-19(17-32)18-35-25)37-27(2,36-24)22-10-6-7-11-23(22)28(29,30)31/h4-13,16,18,36H,3,14-15H2,1-2H3,(H,33,35)(H,34,37). The number of nitriles is 1. The first-order valence-corrected chi connectivity index (χ1v) is 11.9. The Balaban J connectivity index is 1.65. The molecule has 3 aromatic rings. The fraction of sp³-hybridized carbons (Fsp3) is 0.250. The molecule has 1 aliphatic rings. The van der Waals surface area contributed by atoms with E-state index in [1.54, 1.807) is 25.1 Å². The normalized spacial score (nSPS) is 18.4. The Morgan fingerprint density at radius 2 is 1.81 bits per heavy atom. The van der Waals surface area contributed by atoms with Crippen molar-refractivity contribution >= 4 is 17.4 Å². The molecule has 190 valence electrons.